The molecule has 0 atom stereocenters. The Balaban J connectivity index is 2.35. The van der Waals surface area contributed by atoms with Crippen LogP contribution in [-0.4, -0.2) is 62.5 Å². The maximum absolute atomic E-state index is 11.9. The highest BCUT2D eigenvalue weighted by molar-refractivity contribution is 5.95. The molecule has 1 aliphatic rings. The molecular formula is C13H17N3O3. The van der Waals surface area contributed by atoms with Crippen LogP contribution in [0.1, 0.15) is 20.8 Å². The van der Waals surface area contributed by atoms with Gasteiger partial charge in [0.05, 0.1) is 24.5 Å². The number of hydrogen-bond donors (Lipinski definition) is 0. The number of morpholine rings is 1. The third-order valence-corrected chi connectivity index (χ3v) is 3.02. The van der Waals surface area contributed by atoms with Crippen LogP contribution in [0.25, 0.3) is 0 Å². The van der Waals surface area contributed by atoms with E-state index in [1.807, 2.05) is 4.90 Å². The second kappa shape index (κ2) is 5.79. The van der Waals surface area contributed by atoms with Gasteiger partial charge in [-0.2, -0.15) is 0 Å². The summed E-state index contributed by atoms with van der Waals surface area (Å²) in [5, 5.41) is 0. The van der Waals surface area contributed by atoms with E-state index in [1.165, 1.54) is 11.1 Å². The van der Waals surface area contributed by atoms with Gasteiger partial charge in [-0.3, -0.25) is 14.6 Å². The lowest BCUT2D eigenvalue weighted by Gasteiger charge is -2.30. The lowest BCUT2D eigenvalue weighted by molar-refractivity contribution is 0.0821. The summed E-state index contributed by atoms with van der Waals surface area (Å²) in [6.45, 7) is 2.66. The zero-order valence-electron chi connectivity index (χ0n) is 11.1. The SMILES string of the molecule is CN(C)C(=O)c1cc(N2CCOCC2)c(C=O)cn1. The first-order chi connectivity index (χ1) is 9.13. The number of ether oxygens (including phenoxy) is 1. The van der Waals surface area contributed by atoms with Crippen LogP contribution >= 0.6 is 0 Å². The van der Waals surface area contributed by atoms with Gasteiger partial charge in [0.2, 0.25) is 0 Å². The third kappa shape index (κ3) is 2.90. The van der Waals surface area contributed by atoms with E-state index in [2.05, 4.69) is 4.98 Å². The molecule has 0 radical (unpaired) electrons. The van der Waals surface area contributed by atoms with Crippen LogP contribution in [0.5, 0.6) is 0 Å². The van der Waals surface area contributed by atoms with Crippen molar-refractivity contribution >= 4 is 17.9 Å². The molecule has 1 saturated heterocycles. The van der Waals surface area contributed by atoms with Crippen LogP contribution in [0.2, 0.25) is 0 Å². The maximum atomic E-state index is 11.9. The molecule has 102 valence electrons. The monoisotopic (exact) mass is 263 g/mol. The fourth-order valence-electron chi connectivity index (χ4n) is 1.97. The molecule has 0 bridgehead atoms. The fraction of sp³-hybridized carbons (Fsp3) is 0.462. The molecule has 0 aliphatic carbocycles. The minimum absolute atomic E-state index is 0.174. The highest BCUT2D eigenvalue weighted by Gasteiger charge is 2.18. The number of rotatable bonds is 3. The fourth-order valence-corrected chi connectivity index (χ4v) is 1.97. The second-order valence-electron chi connectivity index (χ2n) is 4.55. The van der Waals surface area contributed by atoms with Crippen molar-refractivity contribution in [1.82, 2.24) is 9.88 Å². The Kier molecular flexibility index (Phi) is 4.11. The molecular weight excluding hydrogens is 246 g/mol. The minimum Gasteiger partial charge on any atom is -0.378 e. The number of hydrogen-bond acceptors (Lipinski definition) is 5. The van der Waals surface area contributed by atoms with Crippen molar-refractivity contribution in [3.8, 4) is 0 Å². The zero-order valence-corrected chi connectivity index (χ0v) is 11.1. The Morgan fingerprint density at radius 3 is 2.68 bits per heavy atom. The molecule has 1 aromatic rings. The van der Waals surface area contributed by atoms with Crippen LogP contribution in [0.4, 0.5) is 5.69 Å². The molecule has 6 heteroatoms. The predicted molar refractivity (Wildman–Crippen MR) is 70.7 cm³/mol. The number of aromatic nitrogens is 1. The molecule has 0 N–H and O–H groups in total. The summed E-state index contributed by atoms with van der Waals surface area (Å²) in [6.07, 6.45) is 2.22. The normalized spacial score (nSPS) is 15.2. The quantitative estimate of drug-likeness (QED) is 0.740. The van der Waals surface area contributed by atoms with E-state index in [1.54, 1.807) is 20.2 Å². The number of amides is 1. The predicted octanol–water partition coefficient (Wildman–Crippen LogP) is 0.432. The number of carbonyl (C=O) groups is 2. The number of pyridine rings is 1. The minimum atomic E-state index is -0.174. The van der Waals surface area contributed by atoms with E-state index in [0.717, 1.165) is 12.0 Å². The molecule has 1 amide bonds. The first-order valence-electron chi connectivity index (χ1n) is 6.13. The van der Waals surface area contributed by atoms with Crippen molar-refractivity contribution in [3.63, 3.8) is 0 Å². The van der Waals surface area contributed by atoms with Crippen molar-refractivity contribution in [3.05, 3.63) is 23.5 Å². The van der Waals surface area contributed by atoms with E-state index < -0.39 is 0 Å². The van der Waals surface area contributed by atoms with Crippen molar-refractivity contribution < 1.29 is 14.3 Å². The summed E-state index contributed by atoms with van der Waals surface area (Å²) in [5.74, 6) is -0.174. The molecule has 1 aliphatic heterocycles. The lowest BCUT2D eigenvalue weighted by atomic mass is 10.1. The number of nitrogens with zero attached hydrogens (tertiary/aromatic N) is 3. The summed E-state index contributed by atoms with van der Waals surface area (Å²) in [6, 6.07) is 1.68. The van der Waals surface area contributed by atoms with Crippen molar-refractivity contribution in [2.24, 2.45) is 0 Å². The smallest absolute Gasteiger partial charge is 0.272 e. The van der Waals surface area contributed by atoms with Gasteiger partial charge >= 0.3 is 0 Å². The van der Waals surface area contributed by atoms with Crippen molar-refractivity contribution in [2.75, 3.05) is 45.3 Å². The Morgan fingerprint density at radius 2 is 2.11 bits per heavy atom. The van der Waals surface area contributed by atoms with Crippen molar-refractivity contribution in [2.45, 2.75) is 0 Å². The van der Waals surface area contributed by atoms with Gasteiger partial charge < -0.3 is 14.5 Å². The van der Waals surface area contributed by atoms with Gasteiger partial charge in [-0.1, -0.05) is 0 Å². The number of carbonyl (C=O) groups excluding carboxylic acids is 2. The van der Waals surface area contributed by atoms with Crippen LogP contribution in [0, 0.1) is 0 Å². The second-order valence-corrected chi connectivity index (χ2v) is 4.55. The molecule has 1 fully saturated rings. The molecule has 6 nitrogen and oxygen atoms in total. The lowest BCUT2D eigenvalue weighted by Crippen LogP contribution is -2.37. The van der Waals surface area contributed by atoms with E-state index in [9.17, 15) is 9.59 Å². The first kappa shape index (κ1) is 13.5. The van der Waals surface area contributed by atoms with Crippen molar-refractivity contribution in [1.29, 1.82) is 0 Å². The van der Waals surface area contributed by atoms with Gasteiger partial charge in [-0.15, -0.1) is 0 Å². The van der Waals surface area contributed by atoms with Gasteiger partial charge in [0.15, 0.2) is 6.29 Å². The van der Waals surface area contributed by atoms with Gasteiger partial charge in [0.25, 0.3) is 5.91 Å². The molecule has 0 spiro atoms. The highest BCUT2D eigenvalue weighted by atomic mass is 16.5. The molecule has 0 aromatic carbocycles. The maximum Gasteiger partial charge on any atom is 0.272 e. The average molecular weight is 263 g/mol. The van der Waals surface area contributed by atoms with Crippen LogP contribution in [0.3, 0.4) is 0 Å². The zero-order chi connectivity index (χ0) is 13.8. The largest absolute Gasteiger partial charge is 0.378 e. The number of anilines is 1. The molecule has 0 unspecified atom stereocenters. The van der Waals surface area contributed by atoms with Crippen LogP contribution < -0.4 is 4.90 Å². The molecule has 2 rings (SSSR count). The standard InChI is InChI=1S/C13H17N3O3/c1-15(2)13(18)11-7-12(10(9-17)8-14-11)16-3-5-19-6-4-16/h7-9H,3-6H2,1-2H3. The number of aldehydes is 1. The molecule has 2 heterocycles. The van der Waals surface area contributed by atoms with E-state index >= 15 is 0 Å². The highest BCUT2D eigenvalue weighted by Crippen LogP contribution is 2.21. The van der Waals surface area contributed by atoms with E-state index in [0.29, 0.717) is 37.6 Å². The third-order valence-electron chi connectivity index (χ3n) is 3.02. The van der Waals surface area contributed by atoms with Crippen LogP contribution in [0.15, 0.2) is 12.3 Å². The summed E-state index contributed by atoms with van der Waals surface area (Å²) in [5.41, 5.74) is 1.59. The van der Waals surface area contributed by atoms with E-state index in [4.69, 9.17) is 4.74 Å². The van der Waals surface area contributed by atoms with Crippen LogP contribution in [-0.2, 0) is 4.74 Å². The Labute approximate surface area is 112 Å². The Morgan fingerprint density at radius 1 is 1.42 bits per heavy atom. The first-order valence-corrected chi connectivity index (χ1v) is 6.13. The van der Waals surface area contributed by atoms with Gasteiger partial charge in [-0.25, -0.2) is 0 Å². The summed E-state index contributed by atoms with van der Waals surface area (Å²) in [4.78, 5) is 30.6. The Bertz CT molecular complexity index is 482. The van der Waals surface area contributed by atoms with Gasteiger partial charge in [0, 0.05) is 33.4 Å². The molecule has 1 aromatic heterocycles. The van der Waals surface area contributed by atoms with Gasteiger partial charge in [-0.05, 0) is 6.07 Å². The van der Waals surface area contributed by atoms with E-state index in [-0.39, 0.29) is 5.91 Å². The summed E-state index contributed by atoms with van der Waals surface area (Å²) < 4.78 is 5.29. The topological polar surface area (TPSA) is 62.7 Å². The molecule has 0 saturated carbocycles. The Hall–Kier alpha value is -1.95. The molecule has 19 heavy (non-hydrogen) atoms. The summed E-state index contributed by atoms with van der Waals surface area (Å²) >= 11 is 0. The van der Waals surface area contributed by atoms with Gasteiger partial charge in [0.1, 0.15) is 5.69 Å². The summed E-state index contributed by atoms with van der Waals surface area (Å²) in [7, 11) is 3.35. The average Bonchev–Trinajstić information content (AvgIpc) is 2.46.